The summed E-state index contributed by atoms with van der Waals surface area (Å²) in [6.45, 7) is 11.6. The largest absolute Gasteiger partial charge is 0.370 e. The van der Waals surface area contributed by atoms with E-state index >= 15 is 0 Å². The number of aryl methyl sites for hydroxylation is 1. The second kappa shape index (κ2) is 7.90. The molecule has 4 heteroatoms. The van der Waals surface area contributed by atoms with E-state index in [1.807, 2.05) is 0 Å². The van der Waals surface area contributed by atoms with E-state index < -0.39 is 0 Å². The van der Waals surface area contributed by atoms with Gasteiger partial charge in [-0.2, -0.15) is 0 Å². The fourth-order valence-corrected chi connectivity index (χ4v) is 1.85. The summed E-state index contributed by atoms with van der Waals surface area (Å²) >= 11 is 0. The van der Waals surface area contributed by atoms with Crippen LogP contribution in [0.15, 0.2) is 6.07 Å². The average Bonchev–Trinajstić information content (AvgIpc) is 2.42. The summed E-state index contributed by atoms with van der Waals surface area (Å²) in [7, 11) is 0. The van der Waals surface area contributed by atoms with E-state index in [9.17, 15) is 0 Å². The van der Waals surface area contributed by atoms with Crippen LogP contribution in [0.2, 0.25) is 0 Å². The highest BCUT2D eigenvalue weighted by molar-refractivity contribution is 5.49. The second-order valence-corrected chi connectivity index (χ2v) is 4.39. The summed E-state index contributed by atoms with van der Waals surface area (Å²) < 4.78 is 0. The van der Waals surface area contributed by atoms with Crippen molar-refractivity contribution in [2.45, 2.75) is 47.0 Å². The van der Waals surface area contributed by atoms with Crippen molar-refractivity contribution in [1.82, 2.24) is 9.97 Å². The van der Waals surface area contributed by atoms with Gasteiger partial charge in [0.1, 0.15) is 17.5 Å². The Morgan fingerprint density at radius 3 is 2.44 bits per heavy atom. The summed E-state index contributed by atoms with van der Waals surface area (Å²) in [6.07, 6.45) is 3.11. The minimum Gasteiger partial charge on any atom is -0.370 e. The normalized spacial score (nSPS) is 10.4. The zero-order chi connectivity index (χ0) is 13.4. The number of nitrogens with one attached hydrogen (secondary N) is 1. The average molecular weight is 250 g/mol. The number of hydrogen-bond donors (Lipinski definition) is 1. The molecule has 1 N–H and O–H groups in total. The Morgan fingerprint density at radius 1 is 1.11 bits per heavy atom. The van der Waals surface area contributed by atoms with Gasteiger partial charge in [0.15, 0.2) is 0 Å². The number of rotatable bonds is 8. The van der Waals surface area contributed by atoms with Gasteiger partial charge in [-0.25, -0.2) is 9.97 Å². The lowest BCUT2D eigenvalue weighted by Gasteiger charge is -2.22. The summed E-state index contributed by atoms with van der Waals surface area (Å²) in [6, 6.07) is 2.06. The van der Waals surface area contributed by atoms with E-state index in [4.69, 9.17) is 0 Å². The first-order valence-electron chi connectivity index (χ1n) is 7.11. The molecule has 0 aliphatic heterocycles. The van der Waals surface area contributed by atoms with Crippen LogP contribution < -0.4 is 10.2 Å². The molecule has 0 aliphatic carbocycles. The molecule has 102 valence electrons. The summed E-state index contributed by atoms with van der Waals surface area (Å²) in [5.74, 6) is 2.92. The molecule has 1 aromatic heterocycles. The smallest absolute Gasteiger partial charge is 0.134 e. The van der Waals surface area contributed by atoms with Crippen molar-refractivity contribution < 1.29 is 0 Å². The van der Waals surface area contributed by atoms with Crippen LogP contribution in [0.4, 0.5) is 11.6 Å². The van der Waals surface area contributed by atoms with E-state index in [-0.39, 0.29) is 0 Å². The van der Waals surface area contributed by atoms with Crippen LogP contribution in [-0.4, -0.2) is 29.6 Å². The Hall–Kier alpha value is -1.32. The molecule has 4 nitrogen and oxygen atoms in total. The van der Waals surface area contributed by atoms with Crippen LogP contribution in [0.1, 0.15) is 46.4 Å². The first kappa shape index (κ1) is 14.7. The van der Waals surface area contributed by atoms with Crippen LogP contribution in [0.25, 0.3) is 0 Å². The molecular formula is C14H26N4. The maximum absolute atomic E-state index is 4.62. The van der Waals surface area contributed by atoms with Crippen molar-refractivity contribution >= 4 is 11.6 Å². The lowest BCUT2D eigenvalue weighted by atomic mass is 10.3. The first-order chi connectivity index (χ1) is 8.74. The molecular weight excluding hydrogens is 224 g/mol. The van der Waals surface area contributed by atoms with E-state index in [1.165, 1.54) is 0 Å². The van der Waals surface area contributed by atoms with Crippen molar-refractivity contribution in [3.63, 3.8) is 0 Å². The van der Waals surface area contributed by atoms with Crippen molar-refractivity contribution in [2.75, 3.05) is 29.9 Å². The third kappa shape index (κ3) is 4.17. The van der Waals surface area contributed by atoms with Crippen LogP contribution in [-0.2, 0) is 6.42 Å². The first-order valence-corrected chi connectivity index (χ1v) is 7.11. The summed E-state index contributed by atoms with van der Waals surface area (Å²) in [5.41, 5.74) is 0. The van der Waals surface area contributed by atoms with Crippen molar-refractivity contribution in [2.24, 2.45) is 0 Å². The lowest BCUT2D eigenvalue weighted by molar-refractivity contribution is 0.768. The highest BCUT2D eigenvalue weighted by Crippen LogP contribution is 2.16. The van der Waals surface area contributed by atoms with E-state index in [1.54, 1.807) is 0 Å². The molecule has 0 saturated carbocycles. The van der Waals surface area contributed by atoms with Crippen molar-refractivity contribution in [1.29, 1.82) is 0 Å². The van der Waals surface area contributed by atoms with Gasteiger partial charge in [0.2, 0.25) is 0 Å². The zero-order valence-corrected chi connectivity index (χ0v) is 12.2. The van der Waals surface area contributed by atoms with Gasteiger partial charge in [-0.05, 0) is 19.8 Å². The highest BCUT2D eigenvalue weighted by Gasteiger charge is 2.08. The molecule has 0 unspecified atom stereocenters. The molecule has 0 aromatic carbocycles. The number of nitrogens with zero attached hydrogens (tertiary/aromatic N) is 3. The van der Waals surface area contributed by atoms with Gasteiger partial charge in [0.25, 0.3) is 0 Å². The van der Waals surface area contributed by atoms with Crippen LogP contribution in [0.3, 0.4) is 0 Å². The molecule has 1 heterocycles. The minimum absolute atomic E-state index is 0.873. The topological polar surface area (TPSA) is 41.0 Å². The predicted octanol–water partition coefficient (Wildman–Crippen LogP) is 3.10. The second-order valence-electron chi connectivity index (χ2n) is 4.39. The van der Waals surface area contributed by atoms with Gasteiger partial charge in [-0.15, -0.1) is 0 Å². The molecule has 0 bridgehead atoms. The van der Waals surface area contributed by atoms with Gasteiger partial charge < -0.3 is 10.2 Å². The van der Waals surface area contributed by atoms with Crippen LogP contribution >= 0.6 is 0 Å². The minimum atomic E-state index is 0.873. The zero-order valence-electron chi connectivity index (χ0n) is 12.2. The van der Waals surface area contributed by atoms with Gasteiger partial charge in [0.05, 0.1) is 0 Å². The van der Waals surface area contributed by atoms with Crippen molar-refractivity contribution in [3.05, 3.63) is 11.9 Å². The standard InChI is InChI=1S/C14H26N4/c1-5-9-15-13-11-14(17-12(7-3)16-13)18(8-4)10-6-2/h11H,5-10H2,1-4H3,(H,15,16,17). The fourth-order valence-electron chi connectivity index (χ4n) is 1.85. The van der Waals surface area contributed by atoms with E-state index in [0.717, 1.165) is 56.4 Å². The Morgan fingerprint density at radius 2 is 1.89 bits per heavy atom. The highest BCUT2D eigenvalue weighted by atomic mass is 15.2. The molecule has 0 aliphatic rings. The van der Waals surface area contributed by atoms with E-state index in [2.05, 4.69) is 53.9 Å². The van der Waals surface area contributed by atoms with E-state index in [0.29, 0.717) is 0 Å². The summed E-state index contributed by atoms with van der Waals surface area (Å²) in [4.78, 5) is 11.4. The monoisotopic (exact) mass is 250 g/mol. The SMILES string of the molecule is CCCNc1cc(N(CC)CCC)nc(CC)n1. The Labute approximate surface area is 111 Å². The predicted molar refractivity (Wildman–Crippen MR) is 78.4 cm³/mol. The van der Waals surface area contributed by atoms with Crippen LogP contribution in [0, 0.1) is 0 Å². The lowest BCUT2D eigenvalue weighted by Crippen LogP contribution is -2.25. The molecule has 0 saturated heterocycles. The maximum atomic E-state index is 4.62. The third-order valence-corrected chi connectivity index (χ3v) is 2.83. The van der Waals surface area contributed by atoms with Gasteiger partial charge in [-0.3, -0.25) is 0 Å². The molecule has 0 atom stereocenters. The third-order valence-electron chi connectivity index (χ3n) is 2.83. The molecule has 0 fully saturated rings. The van der Waals surface area contributed by atoms with Crippen LogP contribution in [0.5, 0.6) is 0 Å². The Balaban J connectivity index is 2.94. The van der Waals surface area contributed by atoms with Crippen molar-refractivity contribution in [3.8, 4) is 0 Å². The Bertz CT molecular complexity index is 352. The van der Waals surface area contributed by atoms with Gasteiger partial charge >= 0.3 is 0 Å². The maximum Gasteiger partial charge on any atom is 0.134 e. The molecule has 1 rings (SSSR count). The molecule has 0 amide bonds. The number of anilines is 2. The molecule has 1 aromatic rings. The molecule has 0 radical (unpaired) electrons. The Kier molecular flexibility index (Phi) is 6.47. The summed E-state index contributed by atoms with van der Waals surface area (Å²) in [5, 5.41) is 3.35. The molecule has 18 heavy (non-hydrogen) atoms. The molecule has 0 spiro atoms. The fraction of sp³-hybridized carbons (Fsp3) is 0.714. The number of hydrogen-bond acceptors (Lipinski definition) is 4. The van der Waals surface area contributed by atoms with Gasteiger partial charge in [0, 0.05) is 32.1 Å². The number of aromatic nitrogens is 2. The van der Waals surface area contributed by atoms with Gasteiger partial charge in [-0.1, -0.05) is 20.8 Å². The quantitative estimate of drug-likeness (QED) is 0.769.